The third-order valence-corrected chi connectivity index (χ3v) is 2.93. The minimum atomic E-state index is 0.996. The number of likely N-dealkylation sites (N-methyl/N-ethyl adjacent to an activating group) is 1. The van der Waals surface area contributed by atoms with E-state index in [1.54, 1.807) is 0 Å². The van der Waals surface area contributed by atoms with Gasteiger partial charge in [0.15, 0.2) is 0 Å². The highest BCUT2D eigenvalue weighted by Gasteiger charge is 2.18. The summed E-state index contributed by atoms with van der Waals surface area (Å²) in [4.78, 5) is 6.82. The van der Waals surface area contributed by atoms with Crippen LogP contribution in [-0.2, 0) is 0 Å². The molecule has 0 radical (unpaired) electrons. The van der Waals surface area contributed by atoms with E-state index >= 15 is 0 Å². The van der Waals surface area contributed by atoms with Gasteiger partial charge in [-0.25, -0.2) is 4.98 Å². The number of nitrogens with one attached hydrogen (secondary N) is 1. The lowest BCUT2D eigenvalue weighted by molar-refractivity contribution is 0.801. The van der Waals surface area contributed by atoms with E-state index in [1.807, 2.05) is 6.20 Å². The molecule has 0 spiro atoms. The van der Waals surface area contributed by atoms with E-state index in [0.717, 1.165) is 25.5 Å². The van der Waals surface area contributed by atoms with Gasteiger partial charge >= 0.3 is 0 Å². The summed E-state index contributed by atoms with van der Waals surface area (Å²) in [6.07, 6.45) is 1.94. The topological polar surface area (TPSA) is 28.2 Å². The predicted molar refractivity (Wildman–Crippen MR) is 60.1 cm³/mol. The molecule has 14 heavy (non-hydrogen) atoms. The first kappa shape index (κ1) is 9.31. The van der Waals surface area contributed by atoms with Gasteiger partial charge in [-0.15, -0.1) is 0 Å². The molecule has 1 aliphatic heterocycles. The molecule has 0 amide bonds. The second-order valence-electron chi connectivity index (χ2n) is 3.77. The van der Waals surface area contributed by atoms with E-state index in [1.165, 1.54) is 16.8 Å². The number of anilines is 2. The molecule has 0 atom stereocenters. The van der Waals surface area contributed by atoms with Crippen LogP contribution < -0.4 is 10.2 Å². The first-order valence-electron chi connectivity index (χ1n) is 5.19. The van der Waals surface area contributed by atoms with Crippen molar-refractivity contribution >= 4 is 11.5 Å². The molecule has 2 rings (SSSR count). The van der Waals surface area contributed by atoms with Crippen molar-refractivity contribution in [3.63, 3.8) is 0 Å². The van der Waals surface area contributed by atoms with Crippen LogP contribution in [-0.4, -0.2) is 24.6 Å². The van der Waals surface area contributed by atoms with Crippen molar-refractivity contribution in [2.45, 2.75) is 20.8 Å². The Balaban J connectivity index is 2.53. The van der Waals surface area contributed by atoms with E-state index in [9.17, 15) is 0 Å². The summed E-state index contributed by atoms with van der Waals surface area (Å²) in [7, 11) is 0. The standard InChI is InChI=1S/C11H17N3/c1-4-14-6-5-12-11-10(14)9(3)8(2)7-13-11/h7H,4-6H2,1-3H3,(H,12,13). The fraction of sp³-hybridized carbons (Fsp3) is 0.545. The number of fused-ring (bicyclic) bond motifs is 1. The van der Waals surface area contributed by atoms with Gasteiger partial charge in [-0.3, -0.25) is 0 Å². The SMILES string of the molecule is CCN1CCNc2ncc(C)c(C)c21. The van der Waals surface area contributed by atoms with Gasteiger partial charge in [-0.1, -0.05) is 0 Å². The maximum absolute atomic E-state index is 4.43. The van der Waals surface area contributed by atoms with Gasteiger partial charge in [0.1, 0.15) is 5.82 Å². The first-order valence-corrected chi connectivity index (χ1v) is 5.19. The van der Waals surface area contributed by atoms with Crippen LogP contribution in [0.2, 0.25) is 0 Å². The molecule has 76 valence electrons. The summed E-state index contributed by atoms with van der Waals surface area (Å²) in [5.74, 6) is 1.04. The lowest BCUT2D eigenvalue weighted by Gasteiger charge is -2.32. The highest BCUT2D eigenvalue weighted by atomic mass is 15.2. The molecule has 1 aromatic heterocycles. The summed E-state index contributed by atoms with van der Waals surface area (Å²) in [5, 5.41) is 3.34. The smallest absolute Gasteiger partial charge is 0.149 e. The predicted octanol–water partition coefficient (Wildman–Crippen LogP) is 1.95. The molecule has 0 unspecified atom stereocenters. The molecule has 3 nitrogen and oxygen atoms in total. The van der Waals surface area contributed by atoms with E-state index in [-0.39, 0.29) is 0 Å². The van der Waals surface area contributed by atoms with Crippen LogP contribution in [0.3, 0.4) is 0 Å². The molecule has 0 aliphatic carbocycles. The van der Waals surface area contributed by atoms with Crippen molar-refractivity contribution in [2.24, 2.45) is 0 Å². The van der Waals surface area contributed by atoms with E-state index in [2.05, 4.69) is 36.0 Å². The lowest BCUT2D eigenvalue weighted by Crippen LogP contribution is -2.35. The van der Waals surface area contributed by atoms with Gasteiger partial charge in [0.25, 0.3) is 0 Å². The summed E-state index contributed by atoms with van der Waals surface area (Å²) < 4.78 is 0. The molecule has 0 saturated heterocycles. The van der Waals surface area contributed by atoms with Gasteiger partial charge in [-0.2, -0.15) is 0 Å². The van der Waals surface area contributed by atoms with Gasteiger partial charge in [0.05, 0.1) is 5.69 Å². The normalized spacial score (nSPS) is 14.9. The number of aryl methyl sites for hydroxylation is 1. The Morgan fingerprint density at radius 2 is 2.29 bits per heavy atom. The summed E-state index contributed by atoms with van der Waals surface area (Å²) in [6.45, 7) is 9.61. The third-order valence-electron chi connectivity index (χ3n) is 2.93. The van der Waals surface area contributed by atoms with Crippen molar-refractivity contribution < 1.29 is 0 Å². The average molecular weight is 191 g/mol. The van der Waals surface area contributed by atoms with Crippen LogP contribution in [0.25, 0.3) is 0 Å². The van der Waals surface area contributed by atoms with Gasteiger partial charge in [0, 0.05) is 25.8 Å². The Bertz CT molecular complexity index is 347. The summed E-state index contributed by atoms with van der Waals surface area (Å²) >= 11 is 0. The molecular formula is C11H17N3. The summed E-state index contributed by atoms with van der Waals surface area (Å²) in [6, 6.07) is 0. The van der Waals surface area contributed by atoms with Crippen molar-refractivity contribution in [1.82, 2.24) is 4.98 Å². The molecule has 3 heteroatoms. The second kappa shape index (κ2) is 3.48. The Hall–Kier alpha value is -1.25. The third kappa shape index (κ3) is 1.33. The maximum Gasteiger partial charge on any atom is 0.149 e. The van der Waals surface area contributed by atoms with Gasteiger partial charge in [0.2, 0.25) is 0 Å². The van der Waals surface area contributed by atoms with Crippen LogP contribution in [0.4, 0.5) is 11.5 Å². The fourth-order valence-corrected chi connectivity index (χ4v) is 1.94. The zero-order valence-electron chi connectivity index (χ0n) is 9.09. The molecule has 0 fully saturated rings. The largest absolute Gasteiger partial charge is 0.367 e. The van der Waals surface area contributed by atoms with Gasteiger partial charge in [-0.05, 0) is 31.9 Å². The Morgan fingerprint density at radius 3 is 3.00 bits per heavy atom. The molecule has 0 aromatic carbocycles. The van der Waals surface area contributed by atoms with Crippen LogP contribution in [0.15, 0.2) is 6.20 Å². The number of hydrogen-bond donors (Lipinski definition) is 1. The Kier molecular flexibility index (Phi) is 2.32. The number of pyridine rings is 1. The minimum Gasteiger partial charge on any atom is -0.367 e. The molecule has 2 heterocycles. The van der Waals surface area contributed by atoms with Crippen LogP contribution in [0.1, 0.15) is 18.1 Å². The number of nitrogens with zero attached hydrogens (tertiary/aromatic N) is 2. The molecule has 0 bridgehead atoms. The number of hydrogen-bond acceptors (Lipinski definition) is 3. The van der Waals surface area contributed by atoms with Crippen LogP contribution in [0, 0.1) is 13.8 Å². The Morgan fingerprint density at radius 1 is 1.50 bits per heavy atom. The fourth-order valence-electron chi connectivity index (χ4n) is 1.94. The highest BCUT2D eigenvalue weighted by Crippen LogP contribution is 2.31. The lowest BCUT2D eigenvalue weighted by atomic mass is 10.1. The molecule has 0 saturated carbocycles. The average Bonchev–Trinajstić information content (AvgIpc) is 2.23. The quantitative estimate of drug-likeness (QED) is 0.735. The van der Waals surface area contributed by atoms with Crippen LogP contribution in [0.5, 0.6) is 0 Å². The number of aromatic nitrogens is 1. The van der Waals surface area contributed by atoms with Crippen LogP contribution >= 0.6 is 0 Å². The zero-order chi connectivity index (χ0) is 10.1. The monoisotopic (exact) mass is 191 g/mol. The van der Waals surface area contributed by atoms with Crippen molar-refractivity contribution in [3.05, 3.63) is 17.3 Å². The van der Waals surface area contributed by atoms with E-state index in [0.29, 0.717) is 0 Å². The highest BCUT2D eigenvalue weighted by molar-refractivity contribution is 5.72. The number of rotatable bonds is 1. The van der Waals surface area contributed by atoms with E-state index < -0.39 is 0 Å². The van der Waals surface area contributed by atoms with Gasteiger partial charge < -0.3 is 10.2 Å². The zero-order valence-corrected chi connectivity index (χ0v) is 9.09. The molecular weight excluding hydrogens is 174 g/mol. The summed E-state index contributed by atoms with van der Waals surface area (Å²) in [5.41, 5.74) is 3.91. The Labute approximate surface area is 85.1 Å². The molecule has 1 aliphatic rings. The van der Waals surface area contributed by atoms with Crippen molar-refractivity contribution in [3.8, 4) is 0 Å². The second-order valence-corrected chi connectivity index (χ2v) is 3.77. The minimum absolute atomic E-state index is 0.996. The van der Waals surface area contributed by atoms with E-state index in [4.69, 9.17) is 0 Å². The maximum atomic E-state index is 4.43. The van der Waals surface area contributed by atoms with Crippen molar-refractivity contribution in [2.75, 3.05) is 29.9 Å². The molecule has 1 aromatic rings. The van der Waals surface area contributed by atoms with Crippen molar-refractivity contribution in [1.29, 1.82) is 0 Å². The molecule has 1 N–H and O–H groups in total. The first-order chi connectivity index (χ1) is 6.74.